The van der Waals surface area contributed by atoms with Crippen LogP contribution in [0.25, 0.3) is 0 Å². The summed E-state index contributed by atoms with van der Waals surface area (Å²) in [5.74, 6) is 0.154. The molecular weight excluding hydrogens is 500 g/mol. The molecule has 2 unspecified atom stereocenters. The van der Waals surface area contributed by atoms with E-state index in [0.29, 0.717) is 23.4 Å². The first kappa shape index (κ1) is 29.6. The average Bonchev–Trinajstić information content (AvgIpc) is 2.99. The highest BCUT2D eigenvalue weighted by atomic mass is 16.5. The molecule has 3 aromatic rings. The summed E-state index contributed by atoms with van der Waals surface area (Å²) in [7, 11) is 7.10. The molecule has 1 amide bonds. The lowest BCUT2D eigenvalue weighted by atomic mass is 9.72. The number of likely N-dealkylation sites (N-methyl/N-ethyl adjacent to an activating group) is 1. The maximum absolute atomic E-state index is 13.8. The number of rotatable bonds is 11. The molecule has 1 aliphatic rings. The van der Waals surface area contributed by atoms with E-state index in [4.69, 9.17) is 4.74 Å². The van der Waals surface area contributed by atoms with Gasteiger partial charge in [-0.05, 0) is 70.2 Å². The van der Waals surface area contributed by atoms with Crippen LogP contribution in [0.3, 0.4) is 0 Å². The molecule has 40 heavy (non-hydrogen) atoms. The zero-order chi connectivity index (χ0) is 28.8. The van der Waals surface area contributed by atoms with E-state index < -0.39 is 17.3 Å². The summed E-state index contributed by atoms with van der Waals surface area (Å²) in [5, 5.41) is 18.7. The number of anilines is 1. The van der Waals surface area contributed by atoms with Gasteiger partial charge in [0, 0.05) is 13.5 Å². The van der Waals surface area contributed by atoms with Gasteiger partial charge in [-0.25, -0.2) is 0 Å². The molecule has 3 aromatic carbocycles. The van der Waals surface area contributed by atoms with Gasteiger partial charge in [-0.1, -0.05) is 73.2 Å². The number of carbonyl (C=O) groups excluding carboxylic acids is 1. The number of nitrogens with one attached hydrogen (secondary N) is 2. The normalized spacial score (nSPS) is 16.7. The van der Waals surface area contributed by atoms with Gasteiger partial charge < -0.3 is 20.5 Å². The van der Waals surface area contributed by atoms with Crippen molar-refractivity contribution in [3.8, 4) is 5.75 Å². The van der Waals surface area contributed by atoms with E-state index >= 15 is 0 Å². The Balaban J connectivity index is 1.80. The van der Waals surface area contributed by atoms with Gasteiger partial charge in [0.05, 0.1) is 23.9 Å². The molecule has 1 fully saturated rings. The number of amides is 1. The predicted octanol–water partition coefficient (Wildman–Crippen LogP) is 4.93. The average molecular weight is 545 g/mol. The first-order valence-corrected chi connectivity index (χ1v) is 14.1. The first-order valence-electron chi connectivity index (χ1n) is 14.1. The number of piperidine rings is 1. The Bertz CT molecular complexity index is 1180. The summed E-state index contributed by atoms with van der Waals surface area (Å²) < 4.78 is 5.53. The lowest BCUT2D eigenvalue weighted by molar-refractivity contribution is -0.0726. The van der Waals surface area contributed by atoms with Crippen LogP contribution in [0.4, 0.5) is 5.69 Å². The summed E-state index contributed by atoms with van der Waals surface area (Å²) in [6.07, 6.45) is 3.11. The second kappa shape index (κ2) is 12.9. The first-order chi connectivity index (χ1) is 19.2. The van der Waals surface area contributed by atoms with Gasteiger partial charge in [-0.2, -0.15) is 0 Å². The van der Waals surface area contributed by atoms with Gasteiger partial charge in [-0.3, -0.25) is 14.6 Å². The van der Waals surface area contributed by atoms with Crippen LogP contribution in [0.1, 0.15) is 54.1 Å². The third-order valence-corrected chi connectivity index (χ3v) is 8.13. The van der Waals surface area contributed by atoms with Gasteiger partial charge in [-0.15, -0.1) is 0 Å². The van der Waals surface area contributed by atoms with Crippen molar-refractivity contribution < 1.29 is 14.6 Å². The topological polar surface area (TPSA) is 77.1 Å². The van der Waals surface area contributed by atoms with Crippen LogP contribution in [0.15, 0.2) is 78.9 Å². The number of hydrogen-bond donors (Lipinski definition) is 3. The monoisotopic (exact) mass is 544 g/mol. The van der Waals surface area contributed by atoms with E-state index in [0.717, 1.165) is 37.1 Å². The molecule has 4 rings (SSSR count). The van der Waals surface area contributed by atoms with Crippen LogP contribution < -0.4 is 15.4 Å². The van der Waals surface area contributed by atoms with Crippen molar-refractivity contribution in [1.29, 1.82) is 0 Å². The summed E-state index contributed by atoms with van der Waals surface area (Å²) in [6, 6.07) is 26.4. The van der Waals surface area contributed by atoms with Gasteiger partial charge >= 0.3 is 0 Å². The number of likely N-dealkylation sites (tertiary alicyclic amines) is 1. The number of aliphatic hydroxyl groups is 1. The van der Waals surface area contributed by atoms with Crippen molar-refractivity contribution in [2.45, 2.75) is 49.9 Å². The van der Waals surface area contributed by atoms with E-state index in [1.165, 1.54) is 6.42 Å². The van der Waals surface area contributed by atoms with Gasteiger partial charge in [0.15, 0.2) is 0 Å². The molecular formula is C33H44N4O3. The Hall–Kier alpha value is -3.39. The van der Waals surface area contributed by atoms with Crippen molar-refractivity contribution in [2.24, 2.45) is 0 Å². The minimum Gasteiger partial charge on any atom is -0.496 e. The Kier molecular flexibility index (Phi) is 9.51. The molecule has 7 heteroatoms. The Labute approximate surface area is 239 Å². The summed E-state index contributed by atoms with van der Waals surface area (Å²) in [6.45, 7) is 3.71. The maximum atomic E-state index is 13.8. The number of hydrogen-bond acceptors (Lipinski definition) is 6. The molecule has 1 saturated heterocycles. The van der Waals surface area contributed by atoms with Crippen LogP contribution in [-0.4, -0.2) is 73.9 Å². The SMILES string of the molecule is CNc1cccc(OC)c1C(=O)NC(N(C)C)C(C)(O)CC(c1ccccc1)(c1ccccc1)N1CCCCC1. The molecule has 7 nitrogen and oxygen atoms in total. The second-order valence-corrected chi connectivity index (χ2v) is 11.1. The van der Waals surface area contributed by atoms with E-state index in [1.54, 1.807) is 20.2 Å². The Morgan fingerprint density at radius 2 is 1.52 bits per heavy atom. The molecule has 0 spiro atoms. The fourth-order valence-electron chi connectivity index (χ4n) is 6.35. The molecule has 214 valence electrons. The van der Waals surface area contributed by atoms with Crippen LogP contribution in [0.2, 0.25) is 0 Å². The largest absolute Gasteiger partial charge is 0.496 e. The zero-order valence-electron chi connectivity index (χ0n) is 24.5. The standard InChI is InChI=1S/C33H44N4O3/c1-32(39,31(36(3)4)35-30(38)29-27(34-2)20-15-21-28(29)40-5)24-33(25-16-9-6-10-17-25,26-18-11-7-12-19-26)37-22-13-8-14-23-37/h6-7,9-12,15-21,31,34,39H,8,13-14,22-24H2,1-5H3,(H,35,38). The van der Waals surface area contributed by atoms with Crippen molar-refractivity contribution in [2.75, 3.05) is 46.7 Å². The van der Waals surface area contributed by atoms with Gasteiger partial charge in [0.25, 0.3) is 5.91 Å². The summed E-state index contributed by atoms with van der Waals surface area (Å²) >= 11 is 0. The van der Waals surface area contributed by atoms with Crippen LogP contribution in [0, 0.1) is 0 Å². The third kappa shape index (κ3) is 6.02. The quantitative estimate of drug-likeness (QED) is 0.298. The highest BCUT2D eigenvalue weighted by Crippen LogP contribution is 2.45. The molecule has 0 bridgehead atoms. The minimum atomic E-state index is -1.33. The number of nitrogens with zero attached hydrogens (tertiary/aromatic N) is 2. The number of benzene rings is 3. The van der Waals surface area contributed by atoms with Crippen molar-refractivity contribution in [3.05, 3.63) is 95.6 Å². The lowest BCUT2D eigenvalue weighted by Gasteiger charge is -2.51. The van der Waals surface area contributed by atoms with E-state index in [-0.39, 0.29) is 5.91 Å². The zero-order valence-corrected chi connectivity index (χ0v) is 24.5. The van der Waals surface area contributed by atoms with Crippen molar-refractivity contribution in [3.63, 3.8) is 0 Å². The highest BCUT2D eigenvalue weighted by Gasteiger charge is 2.49. The molecule has 3 N–H and O–H groups in total. The lowest BCUT2D eigenvalue weighted by Crippen LogP contribution is -2.63. The molecule has 0 aliphatic carbocycles. The Morgan fingerprint density at radius 3 is 2.02 bits per heavy atom. The van der Waals surface area contributed by atoms with Crippen LogP contribution in [0.5, 0.6) is 5.75 Å². The van der Waals surface area contributed by atoms with E-state index in [9.17, 15) is 9.90 Å². The number of carbonyl (C=O) groups is 1. The molecule has 0 radical (unpaired) electrons. The van der Waals surface area contributed by atoms with E-state index in [2.05, 4.69) is 64.1 Å². The molecule has 1 heterocycles. The highest BCUT2D eigenvalue weighted by molar-refractivity contribution is 6.02. The van der Waals surface area contributed by atoms with Crippen LogP contribution >= 0.6 is 0 Å². The fourth-order valence-corrected chi connectivity index (χ4v) is 6.35. The number of methoxy groups -OCH3 is 1. The minimum absolute atomic E-state index is 0.316. The third-order valence-electron chi connectivity index (χ3n) is 8.13. The van der Waals surface area contributed by atoms with E-state index in [1.807, 2.05) is 50.2 Å². The van der Waals surface area contributed by atoms with Crippen LogP contribution in [-0.2, 0) is 5.54 Å². The smallest absolute Gasteiger partial charge is 0.258 e. The fraction of sp³-hybridized carbons (Fsp3) is 0.424. The second-order valence-electron chi connectivity index (χ2n) is 11.1. The van der Waals surface area contributed by atoms with Gasteiger partial charge in [0.2, 0.25) is 0 Å². The van der Waals surface area contributed by atoms with Crippen molar-refractivity contribution >= 4 is 11.6 Å². The Morgan fingerprint density at radius 1 is 0.950 bits per heavy atom. The summed E-state index contributed by atoms with van der Waals surface area (Å²) in [4.78, 5) is 18.2. The molecule has 2 atom stereocenters. The summed E-state index contributed by atoms with van der Waals surface area (Å²) in [5.41, 5.74) is 1.41. The predicted molar refractivity (Wildman–Crippen MR) is 162 cm³/mol. The molecule has 1 aliphatic heterocycles. The number of ether oxygens (including phenoxy) is 1. The molecule has 0 aromatic heterocycles. The maximum Gasteiger partial charge on any atom is 0.258 e. The van der Waals surface area contributed by atoms with Gasteiger partial charge in [0.1, 0.15) is 17.5 Å². The molecule has 0 saturated carbocycles. The van der Waals surface area contributed by atoms with Crippen molar-refractivity contribution in [1.82, 2.24) is 15.1 Å².